The van der Waals surface area contributed by atoms with E-state index in [1.165, 1.54) is 0 Å². The van der Waals surface area contributed by atoms with E-state index in [4.69, 9.17) is 4.42 Å². The van der Waals surface area contributed by atoms with Crippen molar-refractivity contribution in [2.24, 2.45) is 0 Å². The Hall–Kier alpha value is -2.76. The molecule has 6 heteroatoms. The van der Waals surface area contributed by atoms with Gasteiger partial charge in [-0.05, 0) is 38.5 Å². The van der Waals surface area contributed by atoms with E-state index in [0.29, 0.717) is 19.5 Å². The Bertz CT molecular complexity index is 797. The number of hydrogen-bond donors (Lipinski definition) is 2. The summed E-state index contributed by atoms with van der Waals surface area (Å²) in [5.74, 6) is 1.71. The van der Waals surface area contributed by atoms with Crippen molar-refractivity contribution in [3.05, 3.63) is 53.0 Å². The lowest BCUT2D eigenvalue weighted by molar-refractivity contribution is -0.117. The summed E-state index contributed by atoms with van der Waals surface area (Å²) in [5, 5.41) is 5.71. The molecule has 1 aromatic carbocycles. The van der Waals surface area contributed by atoms with Crippen molar-refractivity contribution in [1.82, 2.24) is 10.6 Å². The van der Waals surface area contributed by atoms with E-state index in [-0.39, 0.29) is 18.0 Å². The molecular weight excluding hydrogens is 318 g/mol. The number of para-hydroxylation sites is 1. The van der Waals surface area contributed by atoms with Gasteiger partial charge in [0.1, 0.15) is 11.5 Å². The van der Waals surface area contributed by atoms with Crippen molar-refractivity contribution < 1.29 is 14.0 Å². The molecule has 0 bridgehead atoms. The topological polar surface area (TPSA) is 74.6 Å². The lowest BCUT2D eigenvalue weighted by atomic mass is 10.1. The zero-order chi connectivity index (χ0) is 18.0. The summed E-state index contributed by atoms with van der Waals surface area (Å²) < 4.78 is 5.50. The third-order valence-corrected chi connectivity index (χ3v) is 4.44. The van der Waals surface area contributed by atoms with Gasteiger partial charge in [-0.3, -0.25) is 4.79 Å². The Morgan fingerprint density at radius 1 is 1.32 bits per heavy atom. The van der Waals surface area contributed by atoms with Crippen LogP contribution in [0, 0.1) is 13.8 Å². The van der Waals surface area contributed by atoms with Crippen molar-refractivity contribution in [3.8, 4) is 0 Å². The van der Waals surface area contributed by atoms with E-state index >= 15 is 0 Å². The highest BCUT2D eigenvalue weighted by atomic mass is 16.3. The van der Waals surface area contributed by atoms with Gasteiger partial charge in [-0.15, -0.1) is 0 Å². The number of nitrogens with one attached hydrogen (secondary N) is 2. The number of nitrogens with zero attached hydrogens (tertiary/aromatic N) is 1. The van der Waals surface area contributed by atoms with Gasteiger partial charge in [0, 0.05) is 24.3 Å². The average Bonchev–Trinajstić information content (AvgIpc) is 3.06. The number of benzene rings is 1. The van der Waals surface area contributed by atoms with Gasteiger partial charge >= 0.3 is 6.03 Å². The molecule has 6 nitrogen and oxygen atoms in total. The van der Waals surface area contributed by atoms with Crippen LogP contribution < -0.4 is 15.5 Å². The van der Waals surface area contributed by atoms with E-state index < -0.39 is 0 Å². The van der Waals surface area contributed by atoms with Crippen molar-refractivity contribution in [1.29, 1.82) is 0 Å². The number of amides is 3. The highest BCUT2D eigenvalue weighted by Crippen LogP contribution is 2.27. The molecule has 1 unspecified atom stereocenters. The molecule has 1 aliphatic heterocycles. The largest absolute Gasteiger partial charge is 0.466 e. The van der Waals surface area contributed by atoms with E-state index in [0.717, 1.165) is 28.3 Å². The first kappa shape index (κ1) is 17.1. The Morgan fingerprint density at radius 2 is 2.08 bits per heavy atom. The van der Waals surface area contributed by atoms with E-state index in [1.807, 2.05) is 51.1 Å². The molecule has 0 fully saturated rings. The number of urea groups is 1. The predicted octanol–water partition coefficient (Wildman–Crippen LogP) is 2.85. The summed E-state index contributed by atoms with van der Waals surface area (Å²) in [4.78, 5) is 25.9. The van der Waals surface area contributed by atoms with Crippen LogP contribution in [0.2, 0.25) is 0 Å². The number of hydrogen-bond acceptors (Lipinski definition) is 3. The second-order valence-corrected chi connectivity index (χ2v) is 6.34. The fraction of sp³-hybridized carbons (Fsp3) is 0.368. The first-order chi connectivity index (χ1) is 12.0. The molecular formula is C19H23N3O3. The van der Waals surface area contributed by atoms with Crippen LogP contribution in [-0.2, 0) is 11.2 Å². The Balaban J connectivity index is 1.50. The minimum atomic E-state index is -0.259. The second kappa shape index (κ2) is 7.01. The molecule has 1 aliphatic rings. The van der Waals surface area contributed by atoms with Crippen LogP contribution in [0.15, 0.2) is 34.7 Å². The molecule has 3 amide bonds. The number of anilines is 1. The summed E-state index contributed by atoms with van der Waals surface area (Å²) in [5.41, 5.74) is 2.94. The van der Waals surface area contributed by atoms with Crippen LogP contribution in [0.4, 0.5) is 10.5 Å². The lowest BCUT2D eigenvalue weighted by Gasteiger charge is -2.19. The van der Waals surface area contributed by atoms with Crippen LogP contribution in [-0.4, -0.2) is 25.0 Å². The Morgan fingerprint density at radius 3 is 2.80 bits per heavy atom. The minimum Gasteiger partial charge on any atom is -0.466 e. The molecule has 0 saturated carbocycles. The lowest BCUT2D eigenvalue weighted by Crippen LogP contribution is -2.42. The number of fused-ring (bicyclic) bond motifs is 1. The minimum absolute atomic E-state index is 0.0706. The van der Waals surface area contributed by atoms with Crippen LogP contribution in [0.5, 0.6) is 0 Å². The van der Waals surface area contributed by atoms with E-state index in [9.17, 15) is 9.59 Å². The number of furan rings is 1. The van der Waals surface area contributed by atoms with Gasteiger partial charge < -0.3 is 20.0 Å². The van der Waals surface area contributed by atoms with Gasteiger partial charge in [0.25, 0.3) is 0 Å². The van der Waals surface area contributed by atoms with Crippen molar-refractivity contribution in [2.75, 3.05) is 18.0 Å². The highest BCUT2D eigenvalue weighted by molar-refractivity contribution is 6.01. The van der Waals surface area contributed by atoms with Crippen LogP contribution in [0.3, 0.4) is 0 Å². The smallest absolute Gasteiger partial charge is 0.315 e. The first-order valence-electron chi connectivity index (χ1n) is 8.45. The van der Waals surface area contributed by atoms with E-state index in [2.05, 4.69) is 10.6 Å². The average molecular weight is 341 g/mol. The van der Waals surface area contributed by atoms with Gasteiger partial charge in [0.2, 0.25) is 5.91 Å². The summed E-state index contributed by atoms with van der Waals surface area (Å²) in [6.45, 7) is 6.53. The number of rotatable bonds is 5. The van der Waals surface area contributed by atoms with Crippen LogP contribution in [0.1, 0.15) is 35.6 Å². The summed E-state index contributed by atoms with van der Waals surface area (Å²) >= 11 is 0. The Labute approximate surface area is 147 Å². The number of aryl methyl sites for hydroxylation is 2. The van der Waals surface area contributed by atoms with Crippen molar-refractivity contribution in [3.63, 3.8) is 0 Å². The molecule has 132 valence electrons. The standard InChI is InChI=1S/C19H23N3O3/c1-12-10-16(14(3)25-12)13(2)21-19(24)20-8-9-22-17-7-5-4-6-15(17)11-18(22)23/h4-7,10,13H,8-9,11H2,1-3H3,(H2,20,21,24). The number of carbonyl (C=O) groups excluding carboxylic acids is 2. The maximum absolute atomic E-state index is 12.1. The molecule has 0 saturated heterocycles. The second-order valence-electron chi connectivity index (χ2n) is 6.34. The van der Waals surface area contributed by atoms with Crippen molar-refractivity contribution >= 4 is 17.6 Å². The quantitative estimate of drug-likeness (QED) is 0.878. The predicted molar refractivity (Wildman–Crippen MR) is 95.6 cm³/mol. The highest BCUT2D eigenvalue weighted by Gasteiger charge is 2.26. The molecule has 0 radical (unpaired) electrons. The zero-order valence-corrected chi connectivity index (χ0v) is 14.8. The summed E-state index contributed by atoms with van der Waals surface area (Å²) in [7, 11) is 0. The van der Waals surface area contributed by atoms with Crippen LogP contribution in [0.25, 0.3) is 0 Å². The monoisotopic (exact) mass is 341 g/mol. The molecule has 2 aromatic rings. The first-order valence-corrected chi connectivity index (χ1v) is 8.45. The van der Waals surface area contributed by atoms with Crippen LogP contribution >= 0.6 is 0 Å². The normalized spacial score (nSPS) is 14.4. The third kappa shape index (κ3) is 3.68. The van der Waals surface area contributed by atoms with Gasteiger partial charge in [0.15, 0.2) is 0 Å². The number of carbonyl (C=O) groups is 2. The molecule has 2 N–H and O–H groups in total. The van der Waals surface area contributed by atoms with Gasteiger partial charge in [0.05, 0.1) is 12.5 Å². The van der Waals surface area contributed by atoms with Crippen molar-refractivity contribution in [2.45, 2.75) is 33.2 Å². The fourth-order valence-electron chi connectivity index (χ4n) is 3.25. The molecule has 1 atom stereocenters. The fourth-order valence-corrected chi connectivity index (χ4v) is 3.25. The molecule has 2 heterocycles. The third-order valence-electron chi connectivity index (χ3n) is 4.44. The molecule has 0 spiro atoms. The van der Waals surface area contributed by atoms with E-state index in [1.54, 1.807) is 4.90 Å². The van der Waals surface area contributed by atoms with Gasteiger partial charge in [-0.25, -0.2) is 4.79 Å². The molecule has 0 aliphatic carbocycles. The summed E-state index contributed by atoms with van der Waals surface area (Å²) in [6, 6.07) is 9.28. The van der Waals surface area contributed by atoms with Gasteiger partial charge in [-0.1, -0.05) is 18.2 Å². The maximum atomic E-state index is 12.1. The molecule has 3 rings (SSSR count). The van der Waals surface area contributed by atoms with Gasteiger partial charge in [-0.2, -0.15) is 0 Å². The Kier molecular flexibility index (Phi) is 4.79. The zero-order valence-electron chi connectivity index (χ0n) is 14.8. The molecule has 1 aromatic heterocycles. The SMILES string of the molecule is Cc1cc(C(C)NC(=O)NCCN2C(=O)Cc3ccccc32)c(C)o1. The molecule has 25 heavy (non-hydrogen) atoms. The summed E-state index contributed by atoms with van der Waals surface area (Å²) in [6.07, 6.45) is 0.429. The maximum Gasteiger partial charge on any atom is 0.315 e.